The third kappa shape index (κ3) is 3.45. The molecular weight excluding hydrogens is 212 g/mol. The highest BCUT2D eigenvalue weighted by molar-refractivity contribution is 5.43. The predicted octanol–water partition coefficient (Wildman–Crippen LogP) is 2.02. The van der Waals surface area contributed by atoms with Gasteiger partial charge in [0.05, 0.1) is 0 Å². The Hall–Kier alpha value is -2.10. The normalized spacial score (nSPS) is 10.2. The lowest BCUT2D eigenvalue weighted by atomic mass is 10.1. The van der Waals surface area contributed by atoms with Crippen LogP contribution in [0.15, 0.2) is 36.7 Å². The van der Waals surface area contributed by atoms with Crippen LogP contribution in [-0.4, -0.2) is 16.5 Å². The Morgan fingerprint density at radius 3 is 2.88 bits per heavy atom. The maximum Gasteiger partial charge on any atom is 0.131 e. The van der Waals surface area contributed by atoms with E-state index in [4.69, 9.17) is 5.73 Å². The number of hydrogen-bond donors (Lipinski definition) is 2. The van der Waals surface area contributed by atoms with Gasteiger partial charge in [-0.25, -0.2) is 9.97 Å². The Morgan fingerprint density at radius 2 is 2.12 bits per heavy atom. The predicted molar refractivity (Wildman–Crippen MR) is 69.8 cm³/mol. The number of nitrogens with two attached hydrogens (primary N) is 1. The minimum absolute atomic E-state index is 0.484. The highest BCUT2D eigenvalue weighted by Gasteiger charge is 1.96. The van der Waals surface area contributed by atoms with Crippen molar-refractivity contribution in [1.82, 2.24) is 9.97 Å². The van der Waals surface area contributed by atoms with E-state index in [2.05, 4.69) is 46.5 Å². The maximum absolute atomic E-state index is 5.57. The van der Waals surface area contributed by atoms with Crippen LogP contribution in [-0.2, 0) is 6.42 Å². The number of rotatable bonds is 4. The summed E-state index contributed by atoms with van der Waals surface area (Å²) < 4.78 is 0. The average Bonchev–Trinajstić information content (AvgIpc) is 2.29. The van der Waals surface area contributed by atoms with Crippen molar-refractivity contribution in [3.05, 3.63) is 47.8 Å². The van der Waals surface area contributed by atoms with Crippen molar-refractivity contribution >= 4 is 11.6 Å². The van der Waals surface area contributed by atoms with Gasteiger partial charge in [0, 0.05) is 12.6 Å². The average molecular weight is 228 g/mol. The van der Waals surface area contributed by atoms with Crippen LogP contribution in [0.1, 0.15) is 11.1 Å². The van der Waals surface area contributed by atoms with Crippen molar-refractivity contribution in [1.29, 1.82) is 0 Å². The zero-order chi connectivity index (χ0) is 12.1. The summed E-state index contributed by atoms with van der Waals surface area (Å²) in [7, 11) is 0. The van der Waals surface area contributed by atoms with Crippen LogP contribution in [0.4, 0.5) is 11.6 Å². The number of nitrogens with zero attached hydrogens (tertiary/aromatic N) is 2. The van der Waals surface area contributed by atoms with Gasteiger partial charge in [-0.1, -0.05) is 29.8 Å². The fraction of sp³-hybridized carbons (Fsp3) is 0.231. The molecule has 17 heavy (non-hydrogen) atoms. The molecule has 0 aliphatic carbocycles. The van der Waals surface area contributed by atoms with Gasteiger partial charge in [0.2, 0.25) is 0 Å². The molecule has 0 saturated heterocycles. The van der Waals surface area contributed by atoms with Crippen molar-refractivity contribution < 1.29 is 0 Å². The molecule has 0 unspecified atom stereocenters. The lowest BCUT2D eigenvalue weighted by Gasteiger charge is -2.06. The van der Waals surface area contributed by atoms with E-state index in [1.165, 1.54) is 17.5 Å². The number of aromatic nitrogens is 2. The van der Waals surface area contributed by atoms with Crippen molar-refractivity contribution in [2.45, 2.75) is 13.3 Å². The van der Waals surface area contributed by atoms with Crippen LogP contribution in [0, 0.1) is 6.92 Å². The molecule has 0 spiro atoms. The molecule has 0 aliphatic heterocycles. The number of hydrogen-bond acceptors (Lipinski definition) is 4. The van der Waals surface area contributed by atoms with Crippen LogP contribution < -0.4 is 11.1 Å². The monoisotopic (exact) mass is 228 g/mol. The number of nitrogens with one attached hydrogen (secondary N) is 1. The van der Waals surface area contributed by atoms with Crippen LogP contribution >= 0.6 is 0 Å². The zero-order valence-electron chi connectivity index (χ0n) is 9.85. The molecule has 0 fully saturated rings. The van der Waals surface area contributed by atoms with Crippen molar-refractivity contribution in [3.63, 3.8) is 0 Å². The molecule has 1 heterocycles. The SMILES string of the molecule is Cc1cccc(CCNc2cc(N)ncn2)c1. The molecular formula is C13H16N4. The summed E-state index contributed by atoms with van der Waals surface area (Å²) >= 11 is 0. The second-order valence-electron chi connectivity index (χ2n) is 3.99. The van der Waals surface area contributed by atoms with Gasteiger partial charge >= 0.3 is 0 Å². The highest BCUT2D eigenvalue weighted by Crippen LogP contribution is 2.07. The first-order valence-corrected chi connectivity index (χ1v) is 5.61. The Kier molecular flexibility index (Phi) is 3.55. The zero-order valence-corrected chi connectivity index (χ0v) is 9.85. The smallest absolute Gasteiger partial charge is 0.131 e. The fourth-order valence-electron chi connectivity index (χ4n) is 1.67. The standard InChI is InChI=1S/C13H16N4/c1-10-3-2-4-11(7-10)5-6-15-13-8-12(14)16-9-17-13/h2-4,7-9H,5-6H2,1H3,(H3,14,15,16,17). The van der Waals surface area contributed by atoms with E-state index < -0.39 is 0 Å². The molecule has 0 aliphatic rings. The van der Waals surface area contributed by atoms with Crippen LogP contribution in [0.25, 0.3) is 0 Å². The summed E-state index contributed by atoms with van der Waals surface area (Å²) in [5, 5.41) is 3.22. The number of aryl methyl sites for hydroxylation is 1. The Bertz CT molecular complexity index is 451. The molecule has 0 radical (unpaired) electrons. The molecule has 1 aromatic carbocycles. The van der Waals surface area contributed by atoms with Crippen LogP contribution in [0.5, 0.6) is 0 Å². The first-order chi connectivity index (χ1) is 8.24. The van der Waals surface area contributed by atoms with Crippen molar-refractivity contribution in [3.8, 4) is 0 Å². The maximum atomic E-state index is 5.57. The molecule has 88 valence electrons. The second-order valence-corrected chi connectivity index (χ2v) is 3.99. The molecule has 2 rings (SSSR count). The van der Waals surface area contributed by atoms with E-state index in [-0.39, 0.29) is 0 Å². The summed E-state index contributed by atoms with van der Waals surface area (Å²) in [6, 6.07) is 10.2. The van der Waals surface area contributed by atoms with Crippen LogP contribution in [0.3, 0.4) is 0 Å². The van der Waals surface area contributed by atoms with E-state index in [1.807, 2.05) is 0 Å². The highest BCUT2D eigenvalue weighted by atomic mass is 15.0. The minimum Gasteiger partial charge on any atom is -0.384 e. The van der Waals surface area contributed by atoms with Gasteiger partial charge in [-0.15, -0.1) is 0 Å². The summed E-state index contributed by atoms with van der Waals surface area (Å²) in [5.74, 6) is 1.25. The molecule has 4 nitrogen and oxygen atoms in total. The molecule has 0 atom stereocenters. The largest absolute Gasteiger partial charge is 0.384 e. The summed E-state index contributed by atoms with van der Waals surface area (Å²) in [6.45, 7) is 2.93. The number of nitrogen functional groups attached to an aromatic ring is 1. The van der Waals surface area contributed by atoms with Crippen molar-refractivity contribution in [2.75, 3.05) is 17.6 Å². The number of benzene rings is 1. The molecule has 1 aromatic heterocycles. The third-order valence-corrected chi connectivity index (χ3v) is 2.49. The van der Waals surface area contributed by atoms with Gasteiger partial charge in [0.25, 0.3) is 0 Å². The molecule has 0 saturated carbocycles. The summed E-state index contributed by atoms with van der Waals surface area (Å²) in [6.07, 6.45) is 2.43. The lowest BCUT2D eigenvalue weighted by Crippen LogP contribution is -2.07. The first kappa shape index (κ1) is 11.4. The Morgan fingerprint density at radius 1 is 1.24 bits per heavy atom. The topological polar surface area (TPSA) is 63.8 Å². The van der Waals surface area contributed by atoms with E-state index in [0.29, 0.717) is 5.82 Å². The Balaban J connectivity index is 1.87. The minimum atomic E-state index is 0.484. The first-order valence-electron chi connectivity index (χ1n) is 5.61. The fourth-order valence-corrected chi connectivity index (χ4v) is 1.67. The van der Waals surface area contributed by atoms with Gasteiger partial charge in [-0.05, 0) is 18.9 Å². The van der Waals surface area contributed by atoms with E-state index in [0.717, 1.165) is 18.8 Å². The number of anilines is 2. The lowest BCUT2D eigenvalue weighted by molar-refractivity contribution is 0.998. The van der Waals surface area contributed by atoms with Crippen molar-refractivity contribution in [2.24, 2.45) is 0 Å². The quantitative estimate of drug-likeness (QED) is 0.840. The Labute approximate surface area is 101 Å². The molecule has 0 amide bonds. The molecule has 0 bridgehead atoms. The van der Waals surface area contributed by atoms with Gasteiger partial charge in [0.1, 0.15) is 18.0 Å². The van der Waals surface area contributed by atoms with E-state index in [1.54, 1.807) is 6.07 Å². The van der Waals surface area contributed by atoms with Crippen LogP contribution in [0.2, 0.25) is 0 Å². The van der Waals surface area contributed by atoms with Gasteiger partial charge in [-0.2, -0.15) is 0 Å². The second kappa shape index (κ2) is 5.30. The van der Waals surface area contributed by atoms with Gasteiger partial charge in [-0.3, -0.25) is 0 Å². The third-order valence-electron chi connectivity index (χ3n) is 2.49. The van der Waals surface area contributed by atoms with E-state index >= 15 is 0 Å². The van der Waals surface area contributed by atoms with E-state index in [9.17, 15) is 0 Å². The van der Waals surface area contributed by atoms with Gasteiger partial charge < -0.3 is 11.1 Å². The molecule has 2 aromatic rings. The molecule has 4 heteroatoms. The summed E-state index contributed by atoms with van der Waals surface area (Å²) in [5.41, 5.74) is 8.18. The molecule has 3 N–H and O–H groups in total. The summed E-state index contributed by atoms with van der Waals surface area (Å²) in [4.78, 5) is 7.93. The van der Waals surface area contributed by atoms with Gasteiger partial charge in [0.15, 0.2) is 0 Å².